The average Bonchev–Trinajstić information content (AvgIpc) is 1.94. The second kappa shape index (κ2) is 2.26. The second-order valence-corrected chi connectivity index (χ2v) is 1.44. The van der Waals surface area contributed by atoms with Crippen molar-refractivity contribution in [3.05, 3.63) is 12.2 Å². The zero-order valence-electron chi connectivity index (χ0n) is 4.41. The first-order valence-electron chi connectivity index (χ1n) is 2.38. The first-order chi connectivity index (χ1) is 3.89. The van der Waals surface area contributed by atoms with E-state index < -0.39 is 0 Å². The van der Waals surface area contributed by atoms with E-state index in [2.05, 4.69) is 9.98 Å². The van der Waals surface area contributed by atoms with E-state index in [9.17, 15) is 0 Å². The number of nitrogens with two attached hydrogens (primary N) is 1. The molecule has 0 radical (unpaired) electrons. The Labute approximate surface area is 47.6 Å². The van der Waals surface area contributed by atoms with Crippen LogP contribution in [0.25, 0.3) is 0 Å². The highest BCUT2D eigenvalue weighted by Crippen LogP contribution is 1.80. The first-order valence-corrected chi connectivity index (χ1v) is 2.38. The van der Waals surface area contributed by atoms with Crippen molar-refractivity contribution in [1.29, 1.82) is 0 Å². The summed E-state index contributed by atoms with van der Waals surface area (Å²) in [6, 6.07) is 0. The van der Waals surface area contributed by atoms with Gasteiger partial charge in [0.15, 0.2) is 0 Å². The molecule has 1 heterocycles. The molecule has 8 heavy (non-hydrogen) atoms. The van der Waals surface area contributed by atoms with Gasteiger partial charge in [-0.3, -0.25) is 4.99 Å². The van der Waals surface area contributed by atoms with Gasteiger partial charge < -0.3 is 5.73 Å². The quantitative estimate of drug-likeness (QED) is 0.465. The Morgan fingerprint density at radius 3 is 3.38 bits per heavy atom. The number of aliphatic imine (C=N–C) groups is 2. The number of hydrogen-bond acceptors (Lipinski definition) is 3. The van der Waals surface area contributed by atoms with Gasteiger partial charge in [-0.05, 0) is 6.08 Å². The molecule has 0 fully saturated rings. The largest absolute Gasteiger partial charge is 0.384 e. The summed E-state index contributed by atoms with van der Waals surface area (Å²) in [6.45, 7) is 0.685. The number of rotatable bonds is 0. The normalized spacial score (nSPS) is 17.8. The summed E-state index contributed by atoms with van der Waals surface area (Å²) >= 11 is 0. The Bertz CT molecular complexity index is 155. The SMILES string of the molecule is NC1=NC=NCC=C1. The van der Waals surface area contributed by atoms with Crippen molar-refractivity contribution in [2.75, 3.05) is 6.54 Å². The first kappa shape index (κ1) is 5.03. The lowest BCUT2D eigenvalue weighted by molar-refractivity contribution is 1.26. The van der Waals surface area contributed by atoms with Gasteiger partial charge in [-0.15, -0.1) is 0 Å². The minimum absolute atomic E-state index is 0.520. The maximum atomic E-state index is 5.31. The van der Waals surface area contributed by atoms with Crippen LogP contribution in [0.4, 0.5) is 0 Å². The number of hydrogen-bond donors (Lipinski definition) is 1. The van der Waals surface area contributed by atoms with Crippen molar-refractivity contribution < 1.29 is 0 Å². The molecule has 3 nitrogen and oxygen atoms in total. The third kappa shape index (κ3) is 1.18. The molecular formula is C5H7N3. The Kier molecular flexibility index (Phi) is 1.42. The van der Waals surface area contributed by atoms with Crippen molar-refractivity contribution in [3.8, 4) is 0 Å². The molecule has 1 aliphatic heterocycles. The van der Waals surface area contributed by atoms with E-state index in [4.69, 9.17) is 5.73 Å². The number of nitrogens with zero attached hydrogens (tertiary/aromatic N) is 2. The van der Waals surface area contributed by atoms with Gasteiger partial charge in [0.05, 0.1) is 6.54 Å². The summed E-state index contributed by atoms with van der Waals surface area (Å²) in [4.78, 5) is 7.58. The molecule has 0 unspecified atom stereocenters. The molecule has 2 N–H and O–H groups in total. The Morgan fingerprint density at radius 2 is 2.50 bits per heavy atom. The van der Waals surface area contributed by atoms with Crippen LogP contribution >= 0.6 is 0 Å². The molecule has 0 saturated carbocycles. The van der Waals surface area contributed by atoms with E-state index in [1.54, 1.807) is 6.08 Å². The van der Waals surface area contributed by atoms with E-state index in [0.717, 1.165) is 0 Å². The fourth-order valence-electron chi connectivity index (χ4n) is 0.432. The third-order valence-corrected chi connectivity index (χ3v) is 0.788. The molecule has 1 rings (SSSR count). The predicted octanol–water partition coefficient (Wildman–Crippen LogP) is -0.0583. The van der Waals surface area contributed by atoms with Gasteiger partial charge in [0, 0.05) is 0 Å². The van der Waals surface area contributed by atoms with Crippen LogP contribution in [0.5, 0.6) is 0 Å². The van der Waals surface area contributed by atoms with Crippen LogP contribution in [0, 0.1) is 0 Å². The van der Waals surface area contributed by atoms with E-state index >= 15 is 0 Å². The zero-order chi connectivity index (χ0) is 5.82. The van der Waals surface area contributed by atoms with Crippen molar-refractivity contribution in [2.24, 2.45) is 15.7 Å². The highest BCUT2D eigenvalue weighted by molar-refractivity contribution is 5.96. The van der Waals surface area contributed by atoms with Crippen molar-refractivity contribution in [2.45, 2.75) is 0 Å². The van der Waals surface area contributed by atoms with Crippen molar-refractivity contribution in [1.82, 2.24) is 0 Å². The molecule has 1 aliphatic rings. The van der Waals surface area contributed by atoms with Gasteiger partial charge in [0.1, 0.15) is 12.2 Å². The van der Waals surface area contributed by atoms with Crippen LogP contribution in [0.3, 0.4) is 0 Å². The molecular weight excluding hydrogens is 102 g/mol. The van der Waals surface area contributed by atoms with Crippen molar-refractivity contribution >= 4 is 12.2 Å². The summed E-state index contributed by atoms with van der Waals surface area (Å²) in [7, 11) is 0. The molecule has 0 amide bonds. The monoisotopic (exact) mass is 109 g/mol. The molecule has 0 spiro atoms. The fourth-order valence-corrected chi connectivity index (χ4v) is 0.432. The van der Waals surface area contributed by atoms with Crippen LogP contribution in [-0.2, 0) is 0 Å². The van der Waals surface area contributed by atoms with Gasteiger partial charge in [-0.1, -0.05) is 6.08 Å². The van der Waals surface area contributed by atoms with Crippen LogP contribution in [-0.4, -0.2) is 18.7 Å². The number of amidine groups is 1. The minimum Gasteiger partial charge on any atom is -0.384 e. The van der Waals surface area contributed by atoms with E-state index in [1.807, 2.05) is 6.08 Å². The average molecular weight is 109 g/mol. The summed E-state index contributed by atoms with van der Waals surface area (Å²) in [5.74, 6) is 0.520. The van der Waals surface area contributed by atoms with E-state index in [0.29, 0.717) is 12.4 Å². The highest BCUT2D eigenvalue weighted by Gasteiger charge is 1.82. The van der Waals surface area contributed by atoms with Gasteiger partial charge in [0.2, 0.25) is 0 Å². The Morgan fingerprint density at radius 1 is 1.62 bits per heavy atom. The summed E-state index contributed by atoms with van der Waals surface area (Å²) in [5.41, 5.74) is 5.31. The Hall–Kier alpha value is -1.12. The lowest BCUT2D eigenvalue weighted by Gasteiger charge is -1.80. The lowest BCUT2D eigenvalue weighted by atomic mass is 10.5. The lowest BCUT2D eigenvalue weighted by Crippen LogP contribution is -2.06. The van der Waals surface area contributed by atoms with E-state index in [-0.39, 0.29) is 0 Å². The Balaban J connectivity index is 2.73. The summed E-state index contributed by atoms with van der Waals surface area (Å²) in [6.07, 6.45) is 5.07. The summed E-state index contributed by atoms with van der Waals surface area (Å²) < 4.78 is 0. The van der Waals surface area contributed by atoms with Crippen LogP contribution in [0.15, 0.2) is 22.1 Å². The minimum atomic E-state index is 0.520. The van der Waals surface area contributed by atoms with Crippen molar-refractivity contribution in [3.63, 3.8) is 0 Å². The second-order valence-electron chi connectivity index (χ2n) is 1.44. The van der Waals surface area contributed by atoms with E-state index in [1.165, 1.54) is 6.34 Å². The third-order valence-electron chi connectivity index (χ3n) is 0.788. The van der Waals surface area contributed by atoms with Crippen LogP contribution in [0.1, 0.15) is 0 Å². The molecule has 0 aliphatic carbocycles. The highest BCUT2D eigenvalue weighted by atomic mass is 14.9. The van der Waals surface area contributed by atoms with Crippen LogP contribution in [0.2, 0.25) is 0 Å². The predicted molar refractivity (Wildman–Crippen MR) is 34.1 cm³/mol. The molecule has 0 aromatic rings. The van der Waals surface area contributed by atoms with Crippen LogP contribution < -0.4 is 5.73 Å². The molecule has 3 heteroatoms. The standard InChI is InChI=1S/C5H7N3/c6-5-2-1-3-7-4-8-5/h1-2,4H,3H2,(H2,6,7,8). The topological polar surface area (TPSA) is 50.7 Å². The molecule has 0 saturated heterocycles. The summed E-state index contributed by atoms with van der Waals surface area (Å²) in [5, 5.41) is 0. The molecule has 0 aromatic carbocycles. The fraction of sp³-hybridized carbons (Fsp3) is 0.200. The molecule has 0 aromatic heterocycles. The zero-order valence-corrected chi connectivity index (χ0v) is 4.41. The molecule has 0 bridgehead atoms. The molecule has 42 valence electrons. The van der Waals surface area contributed by atoms with Gasteiger partial charge in [0.25, 0.3) is 0 Å². The molecule has 0 atom stereocenters. The van der Waals surface area contributed by atoms with Gasteiger partial charge in [-0.25, -0.2) is 4.99 Å². The maximum Gasteiger partial charge on any atom is 0.124 e. The smallest absolute Gasteiger partial charge is 0.124 e. The maximum absolute atomic E-state index is 5.31. The van der Waals surface area contributed by atoms with Gasteiger partial charge in [-0.2, -0.15) is 0 Å². The van der Waals surface area contributed by atoms with Gasteiger partial charge >= 0.3 is 0 Å².